The van der Waals surface area contributed by atoms with Crippen LogP contribution < -0.4 is 0 Å². The highest BCUT2D eigenvalue weighted by Crippen LogP contribution is 2.45. The molecule has 0 bridgehead atoms. The van der Waals surface area contributed by atoms with Crippen LogP contribution in [0.2, 0.25) is 0 Å². The van der Waals surface area contributed by atoms with E-state index in [1.165, 1.54) is 76.6 Å². The Morgan fingerprint density at radius 1 is 0.271 bits per heavy atom. The number of fused-ring (bicyclic) bond motifs is 15. The van der Waals surface area contributed by atoms with E-state index in [0.29, 0.717) is 0 Å². The maximum Gasteiger partial charge on any atom is 0.136 e. The Kier molecular flexibility index (Phi) is 8.65. The molecule has 0 saturated carbocycles. The van der Waals surface area contributed by atoms with Gasteiger partial charge in [0.2, 0.25) is 0 Å². The largest absolute Gasteiger partial charge is 0.456 e. The first-order valence-electron chi connectivity index (χ1n) is 25.1. The van der Waals surface area contributed by atoms with E-state index in [1.807, 2.05) is 0 Å². The molecule has 0 radical (unpaired) electrons. The lowest BCUT2D eigenvalue weighted by Crippen LogP contribution is -2.10. The van der Waals surface area contributed by atoms with Gasteiger partial charge in [0.05, 0.1) is 22.1 Å². The second-order valence-corrected chi connectivity index (χ2v) is 24.4. The molecule has 4 heteroatoms. The summed E-state index contributed by atoms with van der Waals surface area (Å²) in [5.41, 5.74) is 16.1. The van der Waals surface area contributed by atoms with Crippen molar-refractivity contribution in [3.05, 3.63) is 168 Å². The van der Waals surface area contributed by atoms with Crippen LogP contribution in [0, 0.1) is 0 Å². The van der Waals surface area contributed by atoms with Crippen LogP contribution in [-0.2, 0) is 21.7 Å². The van der Waals surface area contributed by atoms with Crippen LogP contribution in [-0.4, -0.2) is 9.13 Å². The van der Waals surface area contributed by atoms with Crippen LogP contribution in [0.1, 0.15) is 105 Å². The predicted octanol–water partition coefficient (Wildman–Crippen LogP) is 19.2. The number of benzene rings is 9. The van der Waals surface area contributed by atoms with Crippen molar-refractivity contribution in [3.63, 3.8) is 0 Å². The van der Waals surface area contributed by atoms with Crippen molar-refractivity contribution in [2.75, 3.05) is 0 Å². The molecule has 0 aliphatic heterocycles. The van der Waals surface area contributed by atoms with E-state index in [2.05, 4.69) is 238 Å². The summed E-state index contributed by atoms with van der Waals surface area (Å²) >= 11 is 0. The Morgan fingerprint density at radius 3 is 0.886 bits per heavy atom. The van der Waals surface area contributed by atoms with Gasteiger partial charge in [-0.2, -0.15) is 0 Å². The van der Waals surface area contributed by atoms with Gasteiger partial charge in [0.15, 0.2) is 0 Å². The Bertz CT molecular complexity index is 3950. The summed E-state index contributed by atoms with van der Waals surface area (Å²) in [6.45, 7) is 27.6. The highest BCUT2D eigenvalue weighted by atomic mass is 16.3. The molecule has 9 aromatic carbocycles. The molecule has 0 saturated heterocycles. The molecule has 0 N–H and O–H groups in total. The molecule has 4 nitrogen and oxygen atoms in total. The Morgan fingerprint density at radius 2 is 0.586 bits per heavy atom. The quantitative estimate of drug-likeness (QED) is 0.173. The Hall–Kier alpha value is -7.30. The molecule has 4 aromatic heterocycles. The number of hydrogen-bond acceptors (Lipinski definition) is 2. The maximum atomic E-state index is 6.76. The third-order valence-corrected chi connectivity index (χ3v) is 15.5. The first-order chi connectivity index (χ1) is 33.2. The first kappa shape index (κ1) is 42.8. The maximum absolute atomic E-state index is 6.76. The minimum atomic E-state index is 0.0430. The van der Waals surface area contributed by atoms with Crippen LogP contribution in [0.25, 0.3) is 120 Å². The van der Waals surface area contributed by atoms with Gasteiger partial charge in [-0.05, 0) is 175 Å². The SMILES string of the molecule is CC(C)(C)c1ccc2c(c1)c1cc(C(C)(C)C)ccc1n2-c1ccc2cc3c(cc2c1)oc1ccc2oc4cc5cc(-n6c7ccc(C(C)(C)C)cc7c7cc(C(C)(C)C)ccc76)ccc5cc4c2c13. The lowest BCUT2D eigenvalue weighted by atomic mass is 9.85. The van der Waals surface area contributed by atoms with Crippen LogP contribution >= 0.6 is 0 Å². The third-order valence-electron chi connectivity index (χ3n) is 15.5. The van der Waals surface area contributed by atoms with Crippen LogP contribution in [0.4, 0.5) is 0 Å². The topological polar surface area (TPSA) is 36.1 Å². The van der Waals surface area contributed by atoms with E-state index in [1.54, 1.807) is 0 Å². The summed E-state index contributed by atoms with van der Waals surface area (Å²) in [4.78, 5) is 0. The van der Waals surface area contributed by atoms with Gasteiger partial charge in [-0.15, -0.1) is 0 Å². The van der Waals surface area contributed by atoms with Gasteiger partial charge in [0.25, 0.3) is 0 Å². The fraction of sp³-hybridized carbons (Fsp3) is 0.242. The molecule has 0 fully saturated rings. The highest BCUT2D eigenvalue weighted by Gasteiger charge is 2.24. The zero-order valence-electron chi connectivity index (χ0n) is 42.6. The zero-order chi connectivity index (χ0) is 48.6. The van der Waals surface area contributed by atoms with Crippen molar-refractivity contribution in [3.8, 4) is 11.4 Å². The van der Waals surface area contributed by atoms with Crippen molar-refractivity contribution in [1.82, 2.24) is 9.13 Å². The lowest BCUT2D eigenvalue weighted by molar-refractivity contribution is 0.590. The molecule has 0 atom stereocenters. The zero-order valence-corrected chi connectivity index (χ0v) is 42.6. The monoisotopic (exact) mass is 912 g/mol. The van der Waals surface area contributed by atoms with Gasteiger partial charge in [-0.3, -0.25) is 0 Å². The van der Waals surface area contributed by atoms with Gasteiger partial charge in [-0.1, -0.05) is 119 Å². The van der Waals surface area contributed by atoms with Gasteiger partial charge >= 0.3 is 0 Å². The molecular weight excluding hydrogens is 853 g/mol. The first-order valence-corrected chi connectivity index (χ1v) is 25.1. The number of nitrogens with zero attached hydrogens (tertiary/aromatic N) is 2. The number of hydrogen-bond donors (Lipinski definition) is 0. The second-order valence-electron chi connectivity index (χ2n) is 24.4. The number of aromatic nitrogens is 2. The van der Waals surface area contributed by atoms with Gasteiger partial charge < -0.3 is 18.0 Å². The minimum absolute atomic E-state index is 0.0430. The molecule has 0 aliphatic carbocycles. The Labute approximate surface area is 409 Å². The van der Waals surface area contributed by atoms with E-state index in [9.17, 15) is 0 Å². The average molecular weight is 913 g/mol. The minimum Gasteiger partial charge on any atom is -0.456 e. The average Bonchev–Trinajstić information content (AvgIpc) is 4.04. The Balaban J connectivity index is 0.947. The van der Waals surface area contributed by atoms with Crippen LogP contribution in [0.5, 0.6) is 0 Å². The van der Waals surface area contributed by atoms with E-state index in [-0.39, 0.29) is 21.7 Å². The molecule has 0 spiro atoms. The normalized spacial score (nSPS) is 13.4. The number of furan rings is 2. The summed E-state index contributed by atoms with van der Waals surface area (Å²) in [7, 11) is 0. The van der Waals surface area contributed by atoms with Crippen molar-refractivity contribution >= 4 is 109 Å². The molecule has 70 heavy (non-hydrogen) atoms. The molecule has 0 unspecified atom stereocenters. The van der Waals surface area contributed by atoms with Crippen molar-refractivity contribution in [1.29, 1.82) is 0 Å². The molecule has 346 valence electrons. The standard InChI is InChI=1S/C66H60N2O2/c1-63(2,3)41-15-21-53-47(33-41)48-34-42(64(4,5)6)16-22-54(48)67(53)45-19-13-37-29-51-59(31-39(37)27-45)69-57-25-26-58-62(61(51)57)52-30-38-14-20-46(28-40(38)32-60(52)70-58)68-55-23-17-43(65(7,8)9)35-49(55)50-36-44(66(10,11)12)18-24-56(50)68/h13-36H,1-12H3. The summed E-state index contributed by atoms with van der Waals surface area (Å²) in [5.74, 6) is 0. The van der Waals surface area contributed by atoms with E-state index in [4.69, 9.17) is 8.83 Å². The molecular formula is C66H60N2O2. The molecule has 0 amide bonds. The van der Waals surface area contributed by atoms with Crippen molar-refractivity contribution in [2.45, 2.75) is 105 Å². The summed E-state index contributed by atoms with van der Waals surface area (Å²) in [6.07, 6.45) is 0. The third kappa shape index (κ3) is 6.41. The second kappa shape index (κ2) is 14.2. The summed E-state index contributed by atoms with van der Waals surface area (Å²) in [6, 6.07) is 55.1. The van der Waals surface area contributed by atoms with E-state index < -0.39 is 0 Å². The summed E-state index contributed by atoms with van der Waals surface area (Å²) < 4.78 is 18.4. The van der Waals surface area contributed by atoms with Gasteiger partial charge in [0.1, 0.15) is 22.3 Å². The highest BCUT2D eigenvalue weighted by molar-refractivity contribution is 6.28. The fourth-order valence-electron chi connectivity index (χ4n) is 11.3. The lowest BCUT2D eigenvalue weighted by Gasteiger charge is -2.19. The molecule has 0 aliphatic rings. The van der Waals surface area contributed by atoms with Crippen LogP contribution in [0.3, 0.4) is 0 Å². The van der Waals surface area contributed by atoms with Gasteiger partial charge in [0, 0.05) is 54.5 Å². The number of rotatable bonds is 2. The van der Waals surface area contributed by atoms with Crippen LogP contribution in [0.15, 0.2) is 154 Å². The fourth-order valence-corrected chi connectivity index (χ4v) is 11.3. The smallest absolute Gasteiger partial charge is 0.136 e. The van der Waals surface area contributed by atoms with Crippen molar-refractivity contribution in [2.24, 2.45) is 0 Å². The van der Waals surface area contributed by atoms with E-state index >= 15 is 0 Å². The molecule has 13 aromatic rings. The molecule has 4 heterocycles. The van der Waals surface area contributed by atoms with E-state index in [0.717, 1.165) is 66.0 Å². The van der Waals surface area contributed by atoms with Crippen molar-refractivity contribution < 1.29 is 8.83 Å². The van der Waals surface area contributed by atoms with Gasteiger partial charge in [-0.25, -0.2) is 0 Å². The summed E-state index contributed by atoms with van der Waals surface area (Å²) in [5, 5.41) is 14.1. The predicted molar refractivity (Wildman–Crippen MR) is 299 cm³/mol. The molecule has 13 rings (SSSR count).